The third kappa shape index (κ3) is 5.04. The number of rotatable bonds is 6. The second kappa shape index (κ2) is 8.05. The molecule has 0 spiro atoms. The van der Waals surface area contributed by atoms with Crippen molar-refractivity contribution in [1.29, 1.82) is 0 Å². The second-order valence-electron chi connectivity index (χ2n) is 6.11. The summed E-state index contributed by atoms with van der Waals surface area (Å²) in [6, 6.07) is 16.7. The molecular formula is C19H19N5O3S. The van der Waals surface area contributed by atoms with Crippen molar-refractivity contribution in [2.75, 3.05) is 15.4 Å². The largest absolute Gasteiger partial charge is 0.339 e. The molecule has 0 radical (unpaired) electrons. The monoisotopic (exact) mass is 397 g/mol. The van der Waals surface area contributed by atoms with Gasteiger partial charge >= 0.3 is 0 Å². The Kier molecular flexibility index (Phi) is 5.55. The first-order valence-corrected chi connectivity index (χ1v) is 9.88. The minimum atomic E-state index is -3.73. The molecule has 0 unspecified atom stereocenters. The van der Waals surface area contributed by atoms with Gasteiger partial charge in [-0.1, -0.05) is 23.8 Å². The first kappa shape index (κ1) is 19.3. The predicted octanol–water partition coefficient (Wildman–Crippen LogP) is 3.29. The van der Waals surface area contributed by atoms with E-state index in [4.69, 9.17) is 0 Å². The fourth-order valence-electron chi connectivity index (χ4n) is 2.39. The molecule has 1 aromatic heterocycles. The van der Waals surface area contributed by atoms with Crippen molar-refractivity contribution in [3.63, 3.8) is 0 Å². The fourth-order valence-corrected chi connectivity index (χ4v) is 3.39. The van der Waals surface area contributed by atoms with Crippen molar-refractivity contribution in [2.45, 2.75) is 18.7 Å². The van der Waals surface area contributed by atoms with E-state index < -0.39 is 10.0 Å². The Balaban J connectivity index is 1.70. The van der Waals surface area contributed by atoms with Gasteiger partial charge in [-0.2, -0.15) is 0 Å². The van der Waals surface area contributed by atoms with Crippen molar-refractivity contribution < 1.29 is 13.2 Å². The summed E-state index contributed by atoms with van der Waals surface area (Å²) in [4.78, 5) is 11.3. The van der Waals surface area contributed by atoms with Crippen LogP contribution in [0, 0.1) is 6.92 Å². The van der Waals surface area contributed by atoms with Gasteiger partial charge in [-0.25, -0.2) is 8.42 Å². The molecule has 0 saturated carbocycles. The van der Waals surface area contributed by atoms with Gasteiger partial charge in [0.2, 0.25) is 5.91 Å². The zero-order valence-electron chi connectivity index (χ0n) is 15.3. The van der Waals surface area contributed by atoms with Crippen LogP contribution in [0.1, 0.15) is 12.5 Å². The number of carbonyl (C=O) groups is 1. The highest BCUT2D eigenvalue weighted by molar-refractivity contribution is 7.92. The molecule has 8 nitrogen and oxygen atoms in total. The number of nitrogens with one attached hydrogen (secondary N) is 3. The average molecular weight is 397 g/mol. The predicted molar refractivity (Wildman–Crippen MR) is 108 cm³/mol. The fraction of sp³-hybridized carbons (Fsp3) is 0.105. The van der Waals surface area contributed by atoms with Gasteiger partial charge in [-0.15, -0.1) is 10.2 Å². The summed E-state index contributed by atoms with van der Waals surface area (Å²) in [6.45, 7) is 3.31. The van der Waals surface area contributed by atoms with E-state index in [-0.39, 0.29) is 16.6 Å². The van der Waals surface area contributed by atoms with E-state index >= 15 is 0 Å². The lowest BCUT2D eigenvalue weighted by Gasteiger charge is -2.09. The molecule has 9 heteroatoms. The molecule has 3 N–H and O–H groups in total. The topological polar surface area (TPSA) is 113 Å². The van der Waals surface area contributed by atoms with E-state index in [0.29, 0.717) is 17.2 Å². The van der Waals surface area contributed by atoms with Crippen LogP contribution in [-0.4, -0.2) is 24.5 Å². The number of hydrogen-bond donors (Lipinski definition) is 3. The van der Waals surface area contributed by atoms with Gasteiger partial charge in [0.1, 0.15) is 0 Å². The normalized spacial score (nSPS) is 10.9. The molecule has 0 atom stereocenters. The number of carbonyl (C=O) groups excluding carboxylic acids is 1. The minimum Gasteiger partial charge on any atom is -0.339 e. The number of nitrogens with zero attached hydrogens (tertiary/aromatic N) is 2. The van der Waals surface area contributed by atoms with E-state index in [2.05, 4.69) is 25.6 Å². The SMILES string of the molecule is CC(=O)Nc1cccc(Nc2ccc(NS(=O)(=O)c3ccc(C)cc3)nn2)c1. The van der Waals surface area contributed by atoms with E-state index in [1.165, 1.54) is 25.1 Å². The van der Waals surface area contributed by atoms with Crippen LogP contribution in [0.3, 0.4) is 0 Å². The smallest absolute Gasteiger partial charge is 0.263 e. The van der Waals surface area contributed by atoms with Crippen LogP contribution in [0.4, 0.5) is 23.0 Å². The molecule has 144 valence electrons. The number of aryl methyl sites for hydroxylation is 1. The van der Waals surface area contributed by atoms with E-state index in [9.17, 15) is 13.2 Å². The molecule has 0 saturated heterocycles. The Labute approximate surface area is 163 Å². The number of sulfonamides is 1. The molecule has 1 amide bonds. The maximum atomic E-state index is 12.4. The number of hydrogen-bond acceptors (Lipinski definition) is 6. The van der Waals surface area contributed by atoms with Gasteiger partial charge in [0.25, 0.3) is 10.0 Å². The number of amides is 1. The lowest BCUT2D eigenvalue weighted by molar-refractivity contribution is -0.114. The zero-order valence-corrected chi connectivity index (χ0v) is 16.1. The minimum absolute atomic E-state index is 0.109. The van der Waals surface area contributed by atoms with Crippen LogP contribution in [0.5, 0.6) is 0 Å². The molecule has 0 aliphatic carbocycles. The first-order valence-electron chi connectivity index (χ1n) is 8.40. The first-order chi connectivity index (χ1) is 13.3. The van der Waals surface area contributed by atoms with E-state index in [1.54, 1.807) is 42.5 Å². The highest BCUT2D eigenvalue weighted by atomic mass is 32.2. The van der Waals surface area contributed by atoms with Crippen LogP contribution < -0.4 is 15.4 Å². The molecule has 3 rings (SSSR count). The summed E-state index contributed by atoms with van der Waals surface area (Å²) in [6.07, 6.45) is 0. The Morgan fingerprint density at radius 3 is 2.18 bits per heavy atom. The summed E-state index contributed by atoms with van der Waals surface area (Å²) >= 11 is 0. The molecule has 0 aliphatic heterocycles. The molecule has 3 aromatic rings. The van der Waals surface area contributed by atoms with E-state index in [0.717, 1.165) is 5.56 Å². The van der Waals surface area contributed by atoms with Crippen molar-refractivity contribution in [3.8, 4) is 0 Å². The van der Waals surface area contributed by atoms with Crippen LogP contribution in [-0.2, 0) is 14.8 Å². The standard InChI is InChI=1S/C19H19N5O3S/c1-13-6-8-17(9-7-13)28(26,27)24-19-11-10-18(22-23-19)21-16-5-3-4-15(12-16)20-14(2)25/h3-12H,1-2H3,(H,20,25)(H,21,22)(H,23,24). The Morgan fingerprint density at radius 2 is 1.54 bits per heavy atom. The Bertz CT molecular complexity index is 1080. The van der Waals surface area contributed by atoms with Crippen molar-refractivity contribution in [2.24, 2.45) is 0 Å². The Hall–Kier alpha value is -3.46. The summed E-state index contributed by atoms with van der Waals surface area (Å²) < 4.78 is 27.2. The molecule has 0 aliphatic rings. The average Bonchev–Trinajstić information content (AvgIpc) is 2.63. The molecule has 0 bridgehead atoms. The number of benzene rings is 2. The quantitative estimate of drug-likeness (QED) is 0.588. The number of aromatic nitrogens is 2. The molecule has 1 heterocycles. The maximum absolute atomic E-state index is 12.4. The molecule has 2 aromatic carbocycles. The van der Waals surface area contributed by atoms with Gasteiger partial charge in [-0.05, 0) is 49.4 Å². The molecule has 0 fully saturated rings. The third-order valence-electron chi connectivity index (χ3n) is 3.69. The van der Waals surface area contributed by atoms with Crippen molar-refractivity contribution in [1.82, 2.24) is 10.2 Å². The van der Waals surface area contributed by atoms with Crippen LogP contribution in [0.15, 0.2) is 65.6 Å². The van der Waals surface area contributed by atoms with Gasteiger partial charge in [0.05, 0.1) is 4.90 Å². The van der Waals surface area contributed by atoms with Crippen LogP contribution in [0.25, 0.3) is 0 Å². The van der Waals surface area contributed by atoms with Crippen molar-refractivity contribution >= 4 is 38.9 Å². The highest BCUT2D eigenvalue weighted by Gasteiger charge is 2.14. The lowest BCUT2D eigenvalue weighted by atomic mass is 10.2. The number of anilines is 4. The maximum Gasteiger partial charge on any atom is 0.263 e. The molecular weight excluding hydrogens is 378 g/mol. The van der Waals surface area contributed by atoms with Gasteiger partial charge in [-0.3, -0.25) is 9.52 Å². The van der Waals surface area contributed by atoms with Gasteiger partial charge < -0.3 is 10.6 Å². The second-order valence-corrected chi connectivity index (χ2v) is 7.79. The zero-order chi connectivity index (χ0) is 20.1. The van der Waals surface area contributed by atoms with Crippen LogP contribution >= 0.6 is 0 Å². The Morgan fingerprint density at radius 1 is 0.893 bits per heavy atom. The summed E-state index contributed by atoms with van der Waals surface area (Å²) in [5, 5.41) is 13.6. The highest BCUT2D eigenvalue weighted by Crippen LogP contribution is 2.20. The summed E-state index contributed by atoms with van der Waals surface area (Å²) in [5.74, 6) is 0.374. The summed E-state index contributed by atoms with van der Waals surface area (Å²) in [7, 11) is -3.73. The van der Waals surface area contributed by atoms with Gasteiger partial charge in [0, 0.05) is 18.3 Å². The third-order valence-corrected chi connectivity index (χ3v) is 5.06. The van der Waals surface area contributed by atoms with E-state index in [1.807, 2.05) is 6.92 Å². The van der Waals surface area contributed by atoms with Gasteiger partial charge in [0.15, 0.2) is 11.6 Å². The van der Waals surface area contributed by atoms with Crippen LogP contribution in [0.2, 0.25) is 0 Å². The summed E-state index contributed by atoms with van der Waals surface area (Å²) in [5.41, 5.74) is 2.32. The molecule has 28 heavy (non-hydrogen) atoms. The van der Waals surface area contributed by atoms with Crippen molar-refractivity contribution in [3.05, 3.63) is 66.2 Å². The lowest BCUT2D eigenvalue weighted by Crippen LogP contribution is -2.14.